The van der Waals surface area contributed by atoms with Crippen molar-refractivity contribution in [2.75, 3.05) is 7.05 Å². The highest BCUT2D eigenvalue weighted by Crippen LogP contribution is 2.20. The molecule has 3 N–H and O–H groups in total. The maximum atomic E-state index is 11.0. The third-order valence-corrected chi connectivity index (χ3v) is 3.00. The van der Waals surface area contributed by atoms with E-state index in [0.717, 1.165) is 15.7 Å². The predicted octanol–water partition coefficient (Wildman–Crippen LogP) is 1.45. The smallest absolute Gasteiger partial charge is 0.269 e. The number of hydrogen-bond acceptors (Lipinski definition) is 3. The minimum atomic E-state index is -0.529. The van der Waals surface area contributed by atoms with Crippen molar-refractivity contribution in [3.8, 4) is 5.69 Å². The van der Waals surface area contributed by atoms with Gasteiger partial charge >= 0.3 is 0 Å². The van der Waals surface area contributed by atoms with Gasteiger partial charge < -0.3 is 11.1 Å². The first-order valence-electron chi connectivity index (χ1n) is 5.40. The van der Waals surface area contributed by atoms with E-state index < -0.39 is 5.91 Å². The number of aromatic nitrogens is 2. The summed E-state index contributed by atoms with van der Waals surface area (Å²) in [4.78, 5) is 11.0. The standard InChI is InChI=1S/C12H13BrN4O/c1-15-7-8-2-3-9(13)6-11(8)17-5-4-10(16-17)12(14)18/h2-6,15H,7H2,1H3,(H2,14,18). The second kappa shape index (κ2) is 5.32. The minimum absolute atomic E-state index is 0.255. The zero-order valence-electron chi connectivity index (χ0n) is 9.85. The van der Waals surface area contributed by atoms with E-state index in [0.29, 0.717) is 6.54 Å². The Labute approximate surface area is 113 Å². The van der Waals surface area contributed by atoms with Crippen LogP contribution in [0.1, 0.15) is 16.1 Å². The summed E-state index contributed by atoms with van der Waals surface area (Å²) in [7, 11) is 1.88. The average molecular weight is 309 g/mol. The number of carbonyl (C=O) groups is 1. The fourth-order valence-electron chi connectivity index (χ4n) is 1.68. The van der Waals surface area contributed by atoms with Crippen molar-refractivity contribution in [2.45, 2.75) is 6.54 Å². The molecule has 1 aromatic heterocycles. The normalized spacial score (nSPS) is 10.6. The van der Waals surface area contributed by atoms with E-state index in [9.17, 15) is 4.79 Å². The quantitative estimate of drug-likeness (QED) is 0.898. The molecule has 0 radical (unpaired) electrons. The van der Waals surface area contributed by atoms with Gasteiger partial charge in [0.25, 0.3) is 5.91 Å². The lowest BCUT2D eigenvalue weighted by molar-refractivity contribution is 0.0995. The number of primary amides is 1. The molecule has 1 amide bonds. The first-order valence-corrected chi connectivity index (χ1v) is 6.20. The van der Waals surface area contributed by atoms with Crippen LogP contribution >= 0.6 is 15.9 Å². The second-order valence-corrected chi connectivity index (χ2v) is 4.73. The Morgan fingerprint density at radius 1 is 1.50 bits per heavy atom. The number of nitrogens with zero attached hydrogens (tertiary/aromatic N) is 2. The SMILES string of the molecule is CNCc1ccc(Br)cc1-n1ccc(C(N)=O)n1. The van der Waals surface area contributed by atoms with Crippen LogP contribution in [0.5, 0.6) is 0 Å². The summed E-state index contributed by atoms with van der Waals surface area (Å²) in [5.41, 5.74) is 7.44. The summed E-state index contributed by atoms with van der Waals surface area (Å²) in [6.45, 7) is 0.717. The number of nitrogens with two attached hydrogens (primary N) is 1. The van der Waals surface area contributed by atoms with E-state index in [1.165, 1.54) is 0 Å². The van der Waals surface area contributed by atoms with Gasteiger partial charge in [-0.1, -0.05) is 22.0 Å². The zero-order valence-corrected chi connectivity index (χ0v) is 11.4. The van der Waals surface area contributed by atoms with Crippen LogP contribution in [-0.4, -0.2) is 22.7 Å². The highest BCUT2D eigenvalue weighted by atomic mass is 79.9. The topological polar surface area (TPSA) is 72.9 Å². The second-order valence-electron chi connectivity index (χ2n) is 3.81. The molecule has 6 heteroatoms. The van der Waals surface area contributed by atoms with Gasteiger partial charge in [0.1, 0.15) is 5.69 Å². The molecular weight excluding hydrogens is 296 g/mol. The Bertz CT molecular complexity index is 579. The van der Waals surface area contributed by atoms with Gasteiger partial charge in [0, 0.05) is 17.2 Å². The van der Waals surface area contributed by atoms with Crippen LogP contribution in [0.15, 0.2) is 34.9 Å². The average Bonchev–Trinajstić information content (AvgIpc) is 2.81. The monoisotopic (exact) mass is 308 g/mol. The van der Waals surface area contributed by atoms with Crippen LogP contribution in [0.25, 0.3) is 5.69 Å². The van der Waals surface area contributed by atoms with E-state index in [1.54, 1.807) is 16.9 Å². The molecule has 0 atom stereocenters. The molecule has 0 spiro atoms. The summed E-state index contributed by atoms with van der Waals surface area (Å²) < 4.78 is 2.60. The zero-order chi connectivity index (χ0) is 13.1. The Morgan fingerprint density at radius 3 is 2.89 bits per heavy atom. The lowest BCUT2D eigenvalue weighted by Gasteiger charge is -2.09. The molecule has 0 bridgehead atoms. The van der Waals surface area contributed by atoms with Crippen LogP contribution in [0.2, 0.25) is 0 Å². The molecule has 1 aromatic carbocycles. The van der Waals surface area contributed by atoms with Crippen molar-refractivity contribution < 1.29 is 4.79 Å². The highest BCUT2D eigenvalue weighted by Gasteiger charge is 2.09. The van der Waals surface area contributed by atoms with Crippen molar-refractivity contribution in [3.63, 3.8) is 0 Å². The van der Waals surface area contributed by atoms with E-state index in [2.05, 4.69) is 26.3 Å². The van der Waals surface area contributed by atoms with Crippen LogP contribution in [-0.2, 0) is 6.54 Å². The molecule has 5 nitrogen and oxygen atoms in total. The van der Waals surface area contributed by atoms with Gasteiger partial charge in [-0.3, -0.25) is 4.79 Å². The van der Waals surface area contributed by atoms with Gasteiger partial charge in [-0.15, -0.1) is 0 Å². The summed E-state index contributed by atoms with van der Waals surface area (Å²) in [5.74, 6) is -0.529. The molecule has 0 aliphatic carbocycles. The maximum Gasteiger partial charge on any atom is 0.269 e. The number of benzene rings is 1. The van der Waals surface area contributed by atoms with E-state index >= 15 is 0 Å². The molecule has 2 rings (SSSR count). The third-order valence-electron chi connectivity index (χ3n) is 2.50. The summed E-state index contributed by atoms with van der Waals surface area (Å²) in [6, 6.07) is 7.52. The van der Waals surface area contributed by atoms with Crippen molar-refractivity contribution in [1.29, 1.82) is 0 Å². The van der Waals surface area contributed by atoms with Crippen LogP contribution < -0.4 is 11.1 Å². The van der Waals surface area contributed by atoms with Crippen molar-refractivity contribution >= 4 is 21.8 Å². The Kier molecular flexibility index (Phi) is 3.78. The molecule has 0 saturated carbocycles. The lowest BCUT2D eigenvalue weighted by atomic mass is 10.2. The van der Waals surface area contributed by atoms with Gasteiger partial charge in [-0.2, -0.15) is 5.10 Å². The van der Waals surface area contributed by atoms with Gasteiger partial charge in [0.15, 0.2) is 0 Å². The van der Waals surface area contributed by atoms with Crippen molar-refractivity contribution in [1.82, 2.24) is 15.1 Å². The molecule has 1 heterocycles. The molecule has 2 aromatic rings. The van der Waals surface area contributed by atoms with Gasteiger partial charge in [0.05, 0.1) is 5.69 Å². The van der Waals surface area contributed by atoms with Gasteiger partial charge in [0.2, 0.25) is 0 Å². The summed E-state index contributed by atoms with van der Waals surface area (Å²) in [5, 5.41) is 7.25. The first-order chi connectivity index (χ1) is 8.61. The molecule has 0 unspecified atom stereocenters. The lowest BCUT2D eigenvalue weighted by Crippen LogP contribution is -2.13. The van der Waals surface area contributed by atoms with E-state index in [-0.39, 0.29) is 5.69 Å². The molecule has 0 aliphatic heterocycles. The Hall–Kier alpha value is -1.66. The van der Waals surface area contributed by atoms with Gasteiger partial charge in [-0.05, 0) is 30.8 Å². The fraction of sp³-hybridized carbons (Fsp3) is 0.167. The maximum absolute atomic E-state index is 11.0. The number of halogens is 1. The minimum Gasteiger partial charge on any atom is -0.364 e. The van der Waals surface area contributed by atoms with Crippen molar-refractivity contribution in [3.05, 3.63) is 46.2 Å². The Balaban J connectivity index is 2.47. The molecular formula is C12H13BrN4O. The summed E-state index contributed by atoms with van der Waals surface area (Å²) >= 11 is 3.43. The Morgan fingerprint density at radius 2 is 2.28 bits per heavy atom. The predicted molar refractivity (Wildman–Crippen MR) is 72.5 cm³/mol. The van der Waals surface area contributed by atoms with E-state index in [1.807, 2.05) is 25.2 Å². The van der Waals surface area contributed by atoms with Crippen LogP contribution in [0, 0.1) is 0 Å². The number of amides is 1. The van der Waals surface area contributed by atoms with Crippen LogP contribution in [0.3, 0.4) is 0 Å². The van der Waals surface area contributed by atoms with Gasteiger partial charge in [-0.25, -0.2) is 4.68 Å². The largest absolute Gasteiger partial charge is 0.364 e. The third kappa shape index (κ3) is 2.60. The van der Waals surface area contributed by atoms with Crippen molar-refractivity contribution in [2.24, 2.45) is 5.73 Å². The molecule has 0 aliphatic rings. The number of nitrogens with one attached hydrogen (secondary N) is 1. The van der Waals surface area contributed by atoms with E-state index in [4.69, 9.17) is 5.73 Å². The number of carbonyl (C=O) groups excluding carboxylic acids is 1. The fourth-order valence-corrected chi connectivity index (χ4v) is 2.03. The molecule has 18 heavy (non-hydrogen) atoms. The summed E-state index contributed by atoms with van der Waals surface area (Å²) in [6.07, 6.45) is 1.72. The first kappa shape index (κ1) is 12.8. The number of hydrogen-bond donors (Lipinski definition) is 2. The number of rotatable bonds is 4. The molecule has 0 fully saturated rings. The van der Waals surface area contributed by atoms with Crippen LogP contribution in [0.4, 0.5) is 0 Å². The molecule has 94 valence electrons. The highest BCUT2D eigenvalue weighted by molar-refractivity contribution is 9.10. The molecule has 0 saturated heterocycles.